The molecule has 26 heavy (non-hydrogen) atoms. The van der Waals surface area contributed by atoms with Gasteiger partial charge < -0.3 is 15.5 Å². The van der Waals surface area contributed by atoms with E-state index in [0.717, 1.165) is 48.2 Å². The Bertz CT molecular complexity index is 718. The number of rotatable bonds is 5. The highest BCUT2D eigenvalue weighted by molar-refractivity contribution is 14.0. The summed E-state index contributed by atoms with van der Waals surface area (Å²) in [6.07, 6.45) is 3.84. The summed E-state index contributed by atoms with van der Waals surface area (Å²) in [5.41, 5.74) is 8.19. The number of anilines is 1. The average molecular weight is 507 g/mol. The lowest BCUT2D eigenvalue weighted by Crippen LogP contribution is -2.51. The molecule has 2 N–H and O–H groups in total. The van der Waals surface area contributed by atoms with Crippen LogP contribution in [0.15, 0.2) is 34.8 Å². The molecule has 1 aromatic carbocycles. The standard InChI is InChI=1S/C17H22FN5S2.HI/c1-24-12-14-10-15(18)3-2-13(14)11-21-16(19)22-5-7-23(8-6-22)17-20-4-9-25-17;/h2-4,9-10H,5-8,11-12H2,1H3,(H2,19,21);1H. The van der Waals surface area contributed by atoms with Crippen molar-refractivity contribution in [3.05, 3.63) is 46.7 Å². The van der Waals surface area contributed by atoms with Crippen LogP contribution in [0.4, 0.5) is 9.52 Å². The van der Waals surface area contributed by atoms with E-state index in [9.17, 15) is 4.39 Å². The summed E-state index contributed by atoms with van der Waals surface area (Å²) in [6, 6.07) is 4.88. The molecule has 2 heterocycles. The number of aromatic nitrogens is 1. The van der Waals surface area contributed by atoms with Crippen molar-refractivity contribution < 1.29 is 4.39 Å². The molecule has 0 amide bonds. The topological polar surface area (TPSA) is 57.8 Å². The fourth-order valence-corrected chi connectivity index (χ4v) is 4.08. The van der Waals surface area contributed by atoms with Crippen LogP contribution in [0.1, 0.15) is 11.1 Å². The van der Waals surface area contributed by atoms with Crippen molar-refractivity contribution in [2.75, 3.05) is 37.3 Å². The highest BCUT2D eigenvalue weighted by Gasteiger charge is 2.19. The molecular formula is C17H23FIN5S2. The average Bonchev–Trinajstić information content (AvgIpc) is 3.16. The monoisotopic (exact) mass is 507 g/mol. The molecular weight excluding hydrogens is 484 g/mol. The summed E-state index contributed by atoms with van der Waals surface area (Å²) in [4.78, 5) is 13.3. The lowest BCUT2D eigenvalue weighted by Gasteiger charge is -2.35. The Morgan fingerprint density at radius 1 is 1.31 bits per heavy atom. The van der Waals surface area contributed by atoms with E-state index < -0.39 is 0 Å². The quantitative estimate of drug-likeness (QED) is 0.382. The number of guanidine groups is 1. The summed E-state index contributed by atoms with van der Waals surface area (Å²) >= 11 is 3.33. The van der Waals surface area contributed by atoms with E-state index in [4.69, 9.17) is 5.73 Å². The molecule has 0 unspecified atom stereocenters. The molecule has 0 bridgehead atoms. The minimum atomic E-state index is -0.206. The van der Waals surface area contributed by atoms with Crippen molar-refractivity contribution in [3.8, 4) is 0 Å². The van der Waals surface area contributed by atoms with Gasteiger partial charge in [-0.25, -0.2) is 14.4 Å². The molecule has 1 aliphatic heterocycles. The van der Waals surface area contributed by atoms with Crippen LogP contribution in [0, 0.1) is 5.82 Å². The molecule has 142 valence electrons. The van der Waals surface area contributed by atoms with Crippen molar-refractivity contribution in [1.29, 1.82) is 0 Å². The Kier molecular flexibility index (Phi) is 8.42. The Hall–Kier alpha value is -1.07. The lowest BCUT2D eigenvalue weighted by molar-refractivity contribution is 0.380. The Labute approximate surface area is 178 Å². The summed E-state index contributed by atoms with van der Waals surface area (Å²) < 4.78 is 13.4. The van der Waals surface area contributed by atoms with Gasteiger partial charge in [0.05, 0.1) is 6.54 Å². The Morgan fingerprint density at radius 2 is 2.08 bits per heavy atom. The van der Waals surface area contributed by atoms with E-state index in [1.54, 1.807) is 35.2 Å². The van der Waals surface area contributed by atoms with Crippen molar-refractivity contribution in [2.24, 2.45) is 10.7 Å². The van der Waals surface area contributed by atoms with Gasteiger partial charge in [0, 0.05) is 43.5 Å². The second-order valence-corrected chi connectivity index (χ2v) is 7.55. The van der Waals surface area contributed by atoms with Crippen molar-refractivity contribution in [1.82, 2.24) is 9.88 Å². The summed E-state index contributed by atoms with van der Waals surface area (Å²) in [6.45, 7) is 3.91. The zero-order valence-corrected chi connectivity index (χ0v) is 18.6. The summed E-state index contributed by atoms with van der Waals surface area (Å²) in [5, 5.41) is 3.05. The SMILES string of the molecule is CSCc1cc(F)ccc1CN=C(N)N1CCN(c2nccs2)CC1.I. The molecule has 1 aliphatic rings. The number of hydrogen-bond donors (Lipinski definition) is 1. The number of hydrogen-bond acceptors (Lipinski definition) is 5. The van der Waals surface area contributed by atoms with Crippen LogP contribution in [-0.2, 0) is 12.3 Å². The zero-order chi connectivity index (χ0) is 17.6. The predicted octanol–water partition coefficient (Wildman–Crippen LogP) is 3.40. The fourth-order valence-electron chi connectivity index (χ4n) is 2.80. The highest BCUT2D eigenvalue weighted by Crippen LogP contribution is 2.20. The molecule has 0 spiro atoms. The predicted molar refractivity (Wildman–Crippen MR) is 120 cm³/mol. The van der Waals surface area contributed by atoms with E-state index in [-0.39, 0.29) is 29.8 Å². The normalized spacial score (nSPS) is 15.1. The van der Waals surface area contributed by atoms with Crippen LogP contribution in [0.3, 0.4) is 0 Å². The first-order valence-corrected chi connectivity index (χ1v) is 10.4. The first-order valence-electron chi connectivity index (χ1n) is 8.13. The van der Waals surface area contributed by atoms with Gasteiger partial charge in [0.15, 0.2) is 11.1 Å². The number of nitrogens with two attached hydrogens (primary N) is 1. The molecule has 0 radical (unpaired) electrons. The van der Waals surface area contributed by atoms with E-state index >= 15 is 0 Å². The molecule has 3 rings (SSSR count). The van der Waals surface area contributed by atoms with Crippen molar-refractivity contribution in [2.45, 2.75) is 12.3 Å². The van der Waals surface area contributed by atoms with Crippen LogP contribution in [-0.4, -0.2) is 48.3 Å². The first kappa shape index (κ1) is 21.2. The summed E-state index contributed by atoms with van der Waals surface area (Å²) in [5.74, 6) is 1.12. The van der Waals surface area contributed by atoms with Gasteiger partial charge in [0.1, 0.15) is 5.82 Å². The van der Waals surface area contributed by atoms with Crippen molar-refractivity contribution in [3.63, 3.8) is 0 Å². The second kappa shape index (κ2) is 10.3. The number of thiazole rings is 1. The second-order valence-electron chi connectivity index (χ2n) is 5.81. The van der Waals surface area contributed by atoms with E-state index in [1.165, 1.54) is 6.07 Å². The fraction of sp³-hybridized carbons (Fsp3) is 0.412. The van der Waals surface area contributed by atoms with Gasteiger partial charge >= 0.3 is 0 Å². The van der Waals surface area contributed by atoms with E-state index in [2.05, 4.69) is 19.8 Å². The van der Waals surface area contributed by atoms with Crippen LogP contribution in [0.25, 0.3) is 0 Å². The van der Waals surface area contributed by atoms with E-state index in [0.29, 0.717) is 12.5 Å². The molecule has 1 fully saturated rings. The largest absolute Gasteiger partial charge is 0.370 e. The number of halogens is 2. The van der Waals surface area contributed by atoms with Crippen LogP contribution >= 0.6 is 47.1 Å². The summed E-state index contributed by atoms with van der Waals surface area (Å²) in [7, 11) is 0. The van der Waals surface area contributed by atoms with Crippen molar-refractivity contribution >= 4 is 58.2 Å². The lowest BCUT2D eigenvalue weighted by atomic mass is 10.1. The molecule has 9 heteroatoms. The Balaban J connectivity index is 0.00000243. The molecule has 5 nitrogen and oxygen atoms in total. The molecule has 1 aromatic heterocycles. The number of thioether (sulfide) groups is 1. The van der Waals surface area contributed by atoms with Crippen LogP contribution < -0.4 is 10.6 Å². The van der Waals surface area contributed by atoms with Crippen LogP contribution in [0.2, 0.25) is 0 Å². The highest BCUT2D eigenvalue weighted by atomic mass is 127. The van der Waals surface area contributed by atoms with Gasteiger partial charge in [0.25, 0.3) is 0 Å². The number of aliphatic imine (C=N–C) groups is 1. The zero-order valence-electron chi connectivity index (χ0n) is 14.6. The molecule has 2 aromatic rings. The maximum absolute atomic E-state index is 13.4. The van der Waals surface area contributed by atoms with Gasteiger partial charge in [-0.1, -0.05) is 6.07 Å². The third-order valence-corrected chi connectivity index (χ3v) is 5.60. The van der Waals surface area contributed by atoms with E-state index in [1.807, 2.05) is 17.8 Å². The molecule has 1 saturated heterocycles. The Morgan fingerprint density at radius 3 is 2.73 bits per heavy atom. The number of piperazine rings is 1. The molecule has 0 saturated carbocycles. The third-order valence-electron chi connectivity index (χ3n) is 4.17. The molecule has 0 aliphatic carbocycles. The van der Waals surface area contributed by atoms with Gasteiger partial charge in [-0.05, 0) is 29.5 Å². The van der Waals surface area contributed by atoms with Gasteiger partial charge in [-0.2, -0.15) is 11.8 Å². The first-order chi connectivity index (χ1) is 12.2. The van der Waals surface area contributed by atoms with Gasteiger partial charge in [-0.15, -0.1) is 35.3 Å². The van der Waals surface area contributed by atoms with Gasteiger partial charge in [-0.3, -0.25) is 0 Å². The minimum Gasteiger partial charge on any atom is -0.370 e. The number of benzene rings is 1. The maximum Gasteiger partial charge on any atom is 0.191 e. The third kappa shape index (κ3) is 5.46. The van der Waals surface area contributed by atoms with Gasteiger partial charge in [0.2, 0.25) is 0 Å². The minimum absolute atomic E-state index is 0. The van der Waals surface area contributed by atoms with Crippen LogP contribution in [0.5, 0.6) is 0 Å². The maximum atomic E-state index is 13.4. The molecule has 0 atom stereocenters. The number of nitrogens with zero attached hydrogens (tertiary/aromatic N) is 4. The smallest absolute Gasteiger partial charge is 0.191 e.